The van der Waals surface area contributed by atoms with Crippen molar-refractivity contribution in [1.82, 2.24) is 0 Å². The molecule has 0 aromatic heterocycles. The van der Waals surface area contributed by atoms with Gasteiger partial charge in [-0.1, -0.05) is 37.1 Å². The number of hydrogen-bond acceptors (Lipinski definition) is 0. The highest BCUT2D eigenvalue weighted by atomic mass is 16.0. The molecule has 6 heavy (non-hydrogen) atoms. The standard InChI is InChI=1S/5CH4.H2O.10H2/h5*1H4;1H2;10*1H. The summed E-state index contributed by atoms with van der Waals surface area (Å²) in [5.74, 6) is 0. The van der Waals surface area contributed by atoms with Crippen LogP contribution in [0, 0.1) is 0 Å². The van der Waals surface area contributed by atoms with Crippen molar-refractivity contribution in [3.05, 3.63) is 0 Å². The van der Waals surface area contributed by atoms with Crippen LogP contribution < -0.4 is 0 Å². The largest absolute Gasteiger partial charge is 0.412 e. The SMILES string of the molecule is C.C.C.C.C.O.[HH].[HH].[HH].[HH].[HH].[HH].[HH].[HH].[HH].[HH]. The summed E-state index contributed by atoms with van der Waals surface area (Å²) in [5.41, 5.74) is 0. The Morgan fingerprint density at radius 1 is 0.500 bits per heavy atom. The van der Waals surface area contributed by atoms with Crippen molar-refractivity contribution in [2.45, 2.75) is 37.1 Å². The zero-order valence-corrected chi connectivity index (χ0v) is 0.500. The number of hydrogen-bond donors (Lipinski definition) is 0. The van der Waals surface area contributed by atoms with Crippen LogP contribution in [0.4, 0.5) is 0 Å². The molecule has 0 aliphatic rings. The van der Waals surface area contributed by atoms with Gasteiger partial charge in [0.2, 0.25) is 0 Å². The molecule has 0 aromatic carbocycles. The summed E-state index contributed by atoms with van der Waals surface area (Å²) < 4.78 is 0. The Morgan fingerprint density at radius 3 is 0.500 bits per heavy atom. The lowest BCUT2D eigenvalue weighted by Gasteiger charge is -0.412. The molecule has 0 atom stereocenters. The molecule has 0 amide bonds. The van der Waals surface area contributed by atoms with Gasteiger partial charge in [-0.15, -0.1) is 0 Å². The van der Waals surface area contributed by atoms with Gasteiger partial charge < -0.3 is 5.48 Å². The summed E-state index contributed by atoms with van der Waals surface area (Å²) in [6, 6.07) is 0. The lowest BCUT2D eigenvalue weighted by atomic mass is 12.0. The second kappa shape index (κ2) is 48600. The zero-order valence-electron chi connectivity index (χ0n) is 0.500. The van der Waals surface area contributed by atoms with Crippen LogP contribution >= 0.6 is 0 Å². The molecule has 0 saturated heterocycles. The predicted molar refractivity (Wildman–Crippen MR) is 58.4 cm³/mol. The van der Waals surface area contributed by atoms with Gasteiger partial charge in [0, 0.05) is 14.3 Å². The Balaban J connectivity index is 0. The maximum Gasteiger partial charge on any atom is 0 e. The molecular formula is C5H42O. The average molecular weight is 118 g/mol. The van der Waals surface area contributed by atoms with Crippen LogP contribution in [0.2, 0.25) is 0 Å². The van der Waals surface area contributed by atoms with Gasteiger partial charge in [-0.05, 0) is 0 Å². The molecule has 0 aliphatic carbocycles. The Labute approximate surface area is 58.6 Å². The summed E-state index contributed by atoms with van der Waals surface area (Å²) >= 11 is 0. The summed E-state index contributed by atoms with van der Waals surface area (Å²) in [4.78, 5) is 0. The second-order valence-corrected chi connectivity index (χ2v) is 0. The predicted octanol–water partition coefficient (Wildman–Crippen LogP) is 4.82. The summed E-state index contributed by atoms with van der Waals surface area (Å²) in [6.45, 7) is 0. The summed E-state index contributed by atoms with van der Waals surface area (Å²) in [6.07, 6.45) is 0. The van der Waals surface area contributed by atoms with E-state index < -0.39 is 0 Å². The molecule has 0 spiro atoms. The highest BCUT2D eigenvalue weighted by Crippen LogP contribution is 0.148. The fraction of sp³-hybridized carbons (Fsp3) is 1.00. The van der Waals surface area contributed by atoms with Crippen molar-refractivity contribution in [3.8, 4) is 0 Å². The Kier molecular flexibility index (Phi) is 742000000. The van der Waals surface area contributed by atoms with Gasteiger partial charge in [0.05, 0.1) is 0 Å². The maximum absolute atomic E-state index is 0. The van der Waals surface area contributed by atoms with E-state index in [1.807, 2.05) is 0 Å². The lowest BCUT2D eigenvalue weighted by molar-refractivity contribution is 0.824. The third-order valence-electron chi connectivity index (χ3n) is 0. The summed E-state index contributed by atoms with van der Waals surface area (Å²) in [7, 11) is 0. The molecule has 0 radical (unpaired) electrons. The first-order valence-electron chi connectivity index (χ1n) is 0. The fourth-order valence-corrected chi connectivity index (χ4v) is 0. The van der Waals surface area contributed by atoms with Gasteiger partial charge in [0.25, 0.3) is 0 Å². The third kappa shape index (κ3) is 21700. The van der Waals surface area contributed by atoms with E-state index >= 15 is 0 Å². The second-order valence-electron chi connectivity index (χ2n) is 0. The normalized spacial score (nSPS) is 0. The smallest absolute Gasteiger partial charge is 0 e. The summed E-state index contributed by atoms with van der Waals surface area (Å²) in [5, 5.41) is 0. The minimum atomic E-state index is 0. The van der Waals surface area contributed by atoms with E-state index in [1.165, 1.54) is 0 Å². The molecule has 0 unspecified atom stereocenters. The monoisotopic (exact) mass is 118 g/mol. The van der Waals surface area contributed by atoms with E-state index in [0.29, 0.717) is 0 Å². The van der Waals surface area contributed by atoms with Crippen molar-refractivity contribution in [2.24, 2.45) is 0 Å². The average Bonchev–Trinajstić information content (AvgIpc) is 0. The van der Waals surface area contributed by atoms with Crippen LogP contribution in [0.1, 0.15) is 51.4 Å². The Morgan fingerprint density at radius 2 is 0.500 bits per heavy atom. The first-order valence-corrected chi connectivity index (χ1v) is 0. The molecule has 0 aliphatic heterocycles. The van der Waals surface area contributed by atoms with Gasteiger partial charge in [-0.3, -0.25) is 0 Å². The lowest BCUT2D eigenvalue weighted by Crippen LogP contribution is -0.289. The van der Waals surface area contributed by atoms with E-state index in [9.17, 15) is 0 Å². The molecule has 0 saturated carbocycles. The Hall–Kier alpha value is -0.0400. The molecule has 0 aromatic rings. The van der Waals surface area contributed by atoms with E-state index in [1.54, 1.807) is 0 Å². The molecule has 2 N–H and O–H groups in total. The molecule has 68 valence electrons. The highest BCUT2D eigenvalue weighted by Gasteiger charge is -0.0735. The minimum Gasteiger partial charge on any atom is -0.412 e. The van der Waals surface area contributed by atoms with Crippen molar-refractivity contribution in [2.75, 3.05) is 0 Å². The van der Waals surface area contributed by atoms with Gasteiger partial charge in [0.15, 0.2) is 0 Å². The zero-order chi connectivity index (χ0) is 0. The van der Waals surface area contributed by atoms with Crippen molar-refractivity contribution >= 4 is 0 Å². The van der Waals surface area contributed by atoms with E-state index in [-0.39, 0.29) is 56.9 Å². The van der Waals surface area contributed by atoms with Crippen molar-refractivity contribution in [3.63, 3.8) is 0 Å². The molecule has 1 nitrogen and oxygen atoms in total. The topological polar surface area (TPSA) is 31.5 Å². The van der Waals surface area contributed by atoms with Gasteiger partial charge in [0.1, 0.15) is 0 Å². The van der Waals surface area contributed by atoms with Gasteiger partial charge in [-0.2, -0.15) is 0 Å². The van der Waals surface area contributed by atoms with Crippen molar-refractivity contribution < 1.29 is 19.7 Å². The van der Waals surface area contributed by atoms with Gasteiger partial charge >= 0.3 is 0 Å². The minimum absolute atomic E-state index is 0. The molecule has 0 bridgehead atoms. The number of rotatable bonds is 0. The molecular weight excluding hydrogens is 76.1 g/mol. The molecule has 0 rings (SSSR count). The van der Waals surface area contributed by atoms with Crippen molar-refractivity contribution in [1.29, 1.82) is 0 Å². The van der Waals surface area contributed by atoms with Crippen LogP contribution in [-0.4, -0.2) is 5.48 Å². The first-order chi connectivity index (χ1) is 0. The van der Waals surface area contributed by atoms with Crippen LogP contribution in [0.5, 0.6) is 0 Å². The van der Waals surface area contributed by atoms with E-state index in [0.717, 1.165) is 0 Å². The van der Waals surface area contributed by atoms with E-state index in [4.69, 9.17) is 0 Å². The van der Waals surface area contributed by atoms with Gasteiger partial charge in [-0.25, -0.2) is 0 Å². The Bertz CT molecular complexity index is 19.2. The third-order valence-corrected chi connectivity index (χ3v) is 0. The van der Waals surface area contributed by atoms with Crippen LogP contribution in [0.3, 0.4) is 0 Å². The quantitative estimate of drug-likeness (QED) is 0.437. The fourth-order valence-electron chi connectivity index (χ4n) is 0. The maximum atomic E-state index is 0. The molecule has 1 heteroatoms. The molecule has 0 heterocycles. The van der Waals surface area contributed by atoms with Crippen LogP contribution in [-0.2, 0) is 0 Å². The van der Waals surface area contributed by atoms with Crippen LogP contribution in [0.25, 0.3) is 0 Å². The van der Waals surface area contributed by atoms with E-state index in [2.05, 4.69) is 0 Å². The first kappa shape index (κ1) is 91600. The molecule has 0 fully saturated rings. The van der Waals surface area contributed by atoms with Crippen LogP contribution in [0.15, 0.2) is 0 Å². The highest BCUT2D eigenvalue weighted by molar-refractivity contribution is 2.51.